The number of rotatable bonds is 4. The Morgan fingerprint density at radius 1 is 1.29 bits per heavy atom. The van der Waals surface area contributed by atoms with Crippen LogP contribution in [0.5, 0.6) is 0 Å². The number of fused-ring (bicyclic) bond motifs is 1. The van der Waals surface area contributed by atoms with Crippen molar-refractivity contribution < 1.29 is 0 Å². The first-order valence-electron chi connectivity index (χ1n) is 7.83. The van der Waals surface area contributed by atoms with Crippen LogP contribution in [-0.2, 0) is 11.8 Å². The largest absolute Gasteiger partial charge is 0.319 e. The Kier molecular flexibility index (Phi) is 4.14. The molecule has 3 heteroatoms. The highest BCUT2D eigenvalue weighted by Crippen LogP contribution is 2.40. The molecule has 1 aliphatic carbocycles. The molecule has 0 amide bonds. The Balaban J connectivity index is 1.97. The molecule has 0 saturated heterocycles. The Morgan fingerprint density at radius 2 is 2.05 bits per heavy atom. The maximum atomic E-state index is 5.08. The van der Waals surface area contributed by atoms with Crippen LogP contribution in [0.2, 0.25) is 0 Å². The van der Waals surface area contributed by atoms with Gasteiger partial charge < -0.3 is 5.32 Å². The van der Waals surface area contributed by atoms with Crippen molar-refractivity contribution in [2.45, 2.75) is 44.4 Å². The summed E-state index contributed by atoms with van der Waals surface area (Å²) in [7, 11) is 2.04. The minimum absolute atomic E-state index is 0.00649. The minimum atomic E-state index is -0.00649. The van der Waals surface area contributed by atoms with Gasteiger partial charge in [0.2, 0.25) is 0 Å². The number of aryl methyl sites for hydroxylation is 1. The van der Waals surface area contributed by atoms with Gasteiger partial charge in [0.05, 0.1) is 5.69 Å². The number of nitrogens with zero attached hydrogens (tertiary/aromatic N) is 1. The summed E-state index contributed by atoms with van der Waals surface area (Å²) in [5, 5.41) is 4.59. The van der Waals surface area contributed by atoms with Gasteiger partial charge in [0, 0.05) is 22.8 Å². The third kappa shape index (κ3) is 2.77. The molecule has 0 fully saturated rings. The lowest BCUT2D eigenvalue weighted by Crippen LogP contribution is -2.22. The fourth-order valence-electron chi connectivity index (χ4n) is 3.20. The number of likely N-dealkylation sites (N-methyl/N-ethyl adjacent to an activating group) is 1. The predicted molar refractivity (Wildman–Crippen MR) is 90.3 cm³/mol. The van der Waals surface area contributed by atoms with E-state index >= 15 is 0 Å². The highest BCUT2D eigenvalue weighted by molar-refractivity contribution is 7.12. The average molecular weight is 300 g/mol. The highest BCUT2D eigenvalue weighted by Gasteiger charge is 2.31. The molecule has 0 saturated carbocycles. The molecule has 1 unspecified atom stereocenters. The normalized spacial score (nSPS) is 18.5. The van der Waals surface area contributed by atoms with Gasteiger partial charge in [-0.2, -0.15) is 0 Å². The minimum Gasteiger partial charge on any atom is -0.319 e. The first-order chi connectivity index (χ1) is 10.1. The zero-order valence-corrected chi connectivity index (χ0v) is 14.0. The zero-order valence-electron chi connectivity index (χ0n) is 13.1. The third-order valence-electron chi connectivity index (χ3n) is 4.55. The Bertz CT molecular complexity index is 601. The lowest BCUT2D eigenvalue weighted by atomic mass is 9.85. The lowest BCUT2D eigenvalue weighted by molar-refractivity contribution is 0.518. The van der Waals surface area contributed by atoms with Gasteiger partial charge in [-0.05, 0) is 45.7 Å². The van der Waals surface area contributed by atoms with E-state index < -0.39 is 0 Å². The molecule has 0 aliphatic heterocycles. The van der Waals surface area contributed by atoms with Gasteiger partial charge in [-0.15, -0.1) is 11.3 Å². The Hall–Kier alpha value is -1.19. The lowest BCUT2D eigenvalue weighted by Gasteiger charge is -2.23. The van der Waals surface area contributed by atoms with E-state index in [4.69, 9.17) is 4.98 Å². The van der Waals surface area contributed by atoms with Crippen LogP contribution in [0, 0.1) is 0 Å². The quantitative estimate of drug-likeness (QED) is 0.919. The summed E-state index contributed by atoms with van der Waals surface area (Å²) in [6.45, 7) is 5.63. The summed E-state index contributed by atoms with van der Waals surface area (Å²) in [5.41, 5.74) is 2.70. The number of aromatic nitrogens is 1. The van der Waals surface area contributed by atoms with E-state index in [0.717, 1.165) is 6.54 Å². The summed E-state index contributed by atoms with van der Waals surface area (Å²) in [4.78, 5) is 6.59. The van der Waals surface area contributed by atoms with E-state index in [2.05, 4.69) is 49.5 Å². The van der Waals surface area contributed by atoms with Crippen molar-refractivity contribution >= 4 is 11.3 Å². The van der Waals surface area contributed by atoms with Crippen LogP contribution < -0.4 is 5.32 Å². The monoisotopic (exact) mass is 300 g/mol. The second kappa shape index (κ2) is 5.90. The Morgan fingerprint density at radius 3 is 2.76 bits per heavy atom. The summed E-state index contributed by atoms with van der Waals surface area (Å²) in [5.74, 6) is 0.593. The van der Waals surface area contributed by atoms with Gasteiger partial charge in [0.25, 0.3) is 0 Å². The molecule has 3 rings (SSSR count). The summed E-state index contributed by atoms with van der Waals surface area (Å²) in [6.07, 6.45) is 3.77. The molecule has 2 aromatic rings. The van der Waals surface area contributed by atoms with Crippen LogP contribution in [0.3, 0.4) is 0 Å². The van der Waals surface area contributed by atoms with Crippen LogP contribution in [0.15, 0.2) is 30.3 Å². The zero-order chi connectivity index (χ0) is 14.9. The van der Waals surface area contributed by atoms with Gasteiger partial charge >= 0.3 is 0 Å². The van der Waals surface area contributed by atoms with E-state index in [1.165, 1.54) is 40.4 Å². The summed E-state index contributed by atoms with van der Waals surface area (Å²) >= 11 is 1.93. The van der Waals surface area contributed by atoms with Gasteiger partial charge in [-0.25, -0.2) is 4.98 Å². The smallest absolute Gasteiger partial charge is 0.103 e. The molecule has 0 radical (unpaired) electrons. The number of thiazole rings is 1. The fraction of sp³-hybridized carbons (Fsp3) is 0.500. The number of hydrogen-bond acceptors (Lipinski definition) is 3. The SMILES string of the molecule is CNCC1CCCc2sc(C(C)(C)c3ccccc3)nc21. The number of benzene rings is 1. The van der Waals surface area contributed by atoms with E-state index in [0.29, 0.717) is 5.92 Å². The molecule has 1 atom stereocenters. The molecule has 1 aromatic heterocycles. The second-order valence-corrected chi connectivity index (χ2v) is 7.55. The summed E-state index contributed by atoms with van der Waals surface area (Å²) in [6, 6.07) is 10.7. The van der Waals surface area contributed by atoms with Crippen molar-refractivity contribution in [1.29, 1.82) is 0 Å². The summed E-state index contributed by atoms with van der Waals surface area (Å²) < 4.78 is 0. The van der Waals surface area contributed by atoms with Crippen molar-refractivity contribution in [3.8, 4) is 0 Å². The molecule has 1 aliphatic rings. The first kappa shape index (κ1) is 14.7. The number of nitrogens with one attached hydrogen (secondary N) is 1. The topological polar surface area (TPSA) is 24.9 Å². The van der Waals surface area contributed by atoms with Gasteiger partial charge in [-0.3, -0.25) is 0 Å². The molecule has 1 heterocycles. The standard InChI is InChI=1S/C18H24N2S/c1-18(2,14-9-5-4-6-10-14)17-20-16-13(12-19-3)8-7-11-15(16)21-17/h4-6,9-10,13,19H,7-8,11-12H2,1-3H3. The van der Waals surface area contributed by atoms with Crippen molar-refractivity contribution in [2.24, 2.45) is 0 Å². The fourth-order valence-corrected chi connectivity index (χ4v) is 4.51. The number of hydrogen-bond donors (Lipinski definition) is 1. The van der Waals surface area contributed by atoms with Crippen molar-refractivity contribution in [3.63, 3.8) is 0 Å². The molecular formula is C18H24N2S. The molecule has 1 N–H and O–H groups in total. The maximum Gasteiger partial charge on any atom is 0.103 e. The molecular weight excluding hydrogens is 276 g/mol. The van der Waals surface area contributed by atoms with E-state index in [1.807, 2.05) is 18.4 Å². The maximum absolute atomic E-state index is 5.08. The third-order valence-corrected chi connectivity index (χ3v) is 6.01. The molecule has 0 bridgehead atoms. The van der Waals surface area contributed by atoms with E-state index in [1.54, 1.807) is 0 Å². The van der Waals surface area contributed by atoms with Crippen LogP contribution in [0.4, 0.5) is 0 Å². The molecule has 2 nitrogen and oxygen atoms in total. The van der Waals surface area contributed by atoms with Crippen LogP contribution in [0.1, 0.15) is 53.7 Å². The van der Waals surface area contributed by atoms with E-state index in [-0.39, 0.29) is 5.41 Å². The van der Waals surface area contributed by atoms with E-state index in [9.17, 15) is 0 Å². The predicted octanol–water partition coefficient (Wildman–Crippen LogP) is 4.11. The Labute approximate surface area is 131 Å². The van der Waals surface area contributed by atoms with Crippen molar-refractivity contribution in [2.75, 3.05) is 13.6 Å². The van der Waals surface area contributed by atoms with Crippen molar-refractivity contribution in [1.82, 2.24) is 10.3 Å². The first-order valence-corrected chi connectivity index (χ1v) is 8.64. The molecule has 21 heavy (non-hydrogen) atoms. The molecule has 112 valence electrons. The van der Waals surface area contributed by atoms with Gasteiger partial charge in [0.1, 0.15) is 5.01 Å². The van der Waals surface area contributed by atoms with Crippen LogP contribution in [-0.4, -0.2) is 18.6 Å². The highest BCUT2D eigenvalue weighted by atomic mass is 32.1. The van der Waals surface area contributed by atoms with Gasteiger partial charge in [-0.1, -0.05) is 30.3 Å². The van der Waals surface area contributed by atoms with Gasteiger partial charge in [0.15, 0.2) is 0 Å². The second-order valence-electron chi connectivity index (χ2n) is 6.47. The molecule has 1 aromatic carbocycles. The average Bonchev–Trinajstić information content (AvgIpc) is 2.94. The van der Waals surface area contributed by atoms with Crippen LogP contribution in [0.25, 0.3) is 0 Å². The van der Waals surface area contributed by atoms with Crippen LogP contribution >= 0.6 is 11.3 Å². The molecule has 0 spiro atoms. The van der Waals surface area contributed by atoms with Crippen molar-refractivity contribution in [3.05, 3.63) is 51.5 Å².